The predicted molar refractivity (Wildman–Crippen MR) is 80.3 cm³/mol. The fraction of sp³-hybridized carbons (Fsp3) is 0.500. The molecule has 5 heteroatoms. The maximum Gasteiger partial charge on any atom is 0.210 e. The first kappa shape index (κ1) is 15.5. The van der Waals surface area contributed by atoms with Gasteiger partial charge in [-0.25, -0.2) is 5.84 Å². The Hall–Kier alpha value is -1.59. The first-order valence-electron chi connectivity index (χ1n) is 6.61. The van der Waals surface area contributed by atoms with Gasteiger partial charge in [-0.1, -0.05) is 12.1 Å². The SMILES string of the molecule is CCOCCCN=C(NN)Nc1cccc(C)c1C. The number of benzene rings is 1. The maximum absolute atomic E-state index is 5.48. The molecule has 0 saturated heterocycles. The molecule has 0 aliphatic heterocycles. The summed E-state index contributed by atoms with van der Waals surface area (Å²) >= 11 is 0. The summed E-state index contributed by atoms with van der Waals surface area (Å²) < 4.78 is 5.26. The molecule has 0 atom stereocenters. The normalized spacial score (nSPS) is 11.5. The van der Waals surface area contributed by atoms with E-state index < -0.39 is 0 Å². The number of hydrazine groups is 1. The standard InChI is InChI=1S/C14H24N4O/c1-4-19-10-6-9-16-14(18-15)17-13-8-5-7-11(2)12(13)3/h5,7-8H,4,6,9-10,15H2,1-3H3,(H2,16,17,18). The first-order valence-corrected chi connectivity index (χ1v) is 6.61. The third kappa shape index (κ3) is 5.28. The van der Waals surface area contributed by atoms with Crippen LogP contribution in [-0.2, 0) is 4.74 Å². The molecule has 0 aliphatic rings. The van der Waals surface area contributed by atoms with Crippen LogP contribution in [0.2, 0.25) is 0 Å². The third-order valence-electron chi connectivity index (χ3n) is 2.92. The number of aliphatic imine (C=N–C) groups is 1. The number of rotatable bonds is 6. The molecule has 106 valence electrons. The molecule has 0 unspecified atom stereocenters. The van der Waals surface area contributed by atoms with Crippen LogP contribution in [-0.4, -0.2) is 25.7 Å². The van der Waals surface area contributed by atoms with Crippen molar-refractivity contribution in [3.8, 4) is 0 Å². The summed E-state index contributed by atoms with van der Waals surface area (Å²) in [5.74, 6) is 6.05. The molecule has 1 rings (SSSR count). The highest BCUT2D eigenvalue weighted by Crippen LogP contribution is 2.17. The van der Waals surface area contributed by atoms with E-state index >= 15 is 0 Å². The molecule has 5 nitrogen and oxygen atoms in total. The minimum absolute atomic E-state index is 0.574. The summed E-state index contributed by atoms with van der Waals surface area (Å²) in [6, 6.07) is 6.10. The lowest BCUT2D eigenvalue weighted by molar-refractivity contribution is 0.146. The van der Waals surface area contributed by atoms with E-state index in [-0.39, 0.29) is 0 Å². The van der Waals surface area contributed by atoms with Gasteiger partial charge in [0.05, 0.1) is 0 Å². The highest BCUT2D eigenvalue weighted by atomic mass is 16.5. The van der Waals surface area contributed by atoms with Crippen molar-refractivity contribution in [1.29, 1.82) is 0 Å². The Labute approximate surface area is 115 Å². The second kappa shape index (κ2) is 8.50. The van der Waals surface area contributed by atoms with Gasteiger partial charge in [0.25, 0.3) is 0 Å². The molecule has 19 heavy (non-hydrogen) atoms. The third-order valence-corrected chi connectivity index (χ3v) is 2.92. The van der Waals surface area contributed by atoms with Gasteiger partial charge in [0.15, 0.2) is 0 Å². The predicted octanol–water partition coefficient (Wildman–Crippen LogP) is 1.96. The van der Waals surface area contributed by atoms with E-state index in [2.05, 4.69) is 35.6 Å². The molecule has 0 radical (unpaired) electrons. The molecule has 0 bridgehead atoms. The second-order valence-corrected chi connectivity index (χ2v) is 4.30. The summed E-state index contributed by atoms with van der Waals surface area (Å²) in [7, 11) is 0. The highest BCUT2D eigenvalue weighted by molar-refractivity contribution is 5.94. The van der Waals surface area contributed by atoms with Crippen LogP contribution in [0.25, 0.3) is 0 Å². The molecule has 0 fully saturated rings. The van der Waals surface area contributed by atoms with Gasteiger partial charge in [0.2, 0.25) is 5.96 Å². The van der Waals surface area contributed by atoms with E-state index in [9.17, 15) is 0 Å². The van der Waals surface area contributed by atoms with E-state index in [4.69, 9.17) is 10.6 Å². The molecule has 0 aromatic heterocycles. The largest absolute Gasteiger partial charge is 0.382 e. The van der Waals surface area contributed by atoms with E-state index in [1.54, 1.807) is 0 Å². The Balaban J connectivity index is 2.56. The van der Waals surface area contributed by atoms with Gasteiger partial charge in [0.1, 0.15) is 0 Å². The molecule has 4 N–H and O–H groups in total. The number of guanidine groups is 1. The van der Waals surface area contributed by atoms with Gasteiger partial charge >= 0.3 is 0 Å². The van der Waals surface area contributed by atoms with Crippen molar-refractivity contribution in [3.63, 3.8) is 0 Å². The Morgan fingerprint density at radius 2 is 2.16 bits per heavy atom. The van der Waals surface area contributed by atoms with Crippen molar-refractivity contribution in [1.82, 2.24) is 5.43 Å². The van der Waals surface area contributed by atoms with Crippen molar-refractivity contribution in [3.05, 3.63) is 29.3 Å². The number of hydrogen-bond acceptors (Lipinski definition) is 3. The molecular weight excluding hydrogens is 240 g/mol. The highest BCUT2D eigenvalue weighted by Gasteiger charge is 2.02. The Kier molecular flexibility index (Phi) is 6.92. The molecule has 1 aromatic rings. The van der Waals surface area contributed by atoms with Crippen LogP contribution in [0.15, 0.2) is 23.2 Å². The lowest BCUT2D eigenvalue weighted by Crippen LogP contribution is -2.36. The minimum Gasteiger partial charge on any atom is -0.382 e. The molecule has 0 amide bonds. The zero-order chi connectivity index (χ0) is 14.1. The Morgan fingerprint density at radius 1 is 1.37 bits per heavy atom. The number of nitrogens with zero attached hydrogens (tertiary/aromatic N) is 1. The molecular formula is C14H24N4O. The topological polar surface area (TPSA) is 71.7 Å². The van der Waals surface area contributed by atoms with Crippen molar-refractivity contribution in [2.75, 3.05) is 25.1 Å². The van der Waals surface area contributed by atoms with E-state index in [1.807, 2.05) is 19.1 Å². The summed E-state index contributed by atoms with van der Waals surface area (Å²) in [5, 5.41) is 3.20. The lowest BCUT2D eigenvalue weighted by Gasteiger charge is -2.13. The Morgan fingerprint density at radius 3 is 2.84 bits per heavy atom. The Bertz CT molecular complexity index is 418. The van der Waals surface area contributed by atoms with Crippen LogP contribution in [0.3, 0.4) is 0 Å². The smallest absolute Gasteiger partial charge is 0.210 e. The van der Waals surface area contributed by atoms with Crippen LogP contribution in [0, 0.1) is 13.8 Å². The van der Waals surface area contributed by atoms with Crippen molar-refractivity contribution < 1.29 is 4.74 Å². The molecule has 0 aliphatic carbocycles. The summed E-state index contributed by atoms with van der Waals surface area (Å²) in [4.78, 5) is 4.37. The van der Waals surface area contributed by atoms with Crippen LogP contribution in [0.4, 0.5) is 5.69 Å². The maximum atomic E-state index is 5.48. The van der Waals surface area contributed by atoms with Gasteiger partial charge in [-0.3, -0.25) is 10.4 Å². The second-order valence-electron chi connectivity index (χ2n) is 4.30. The van der Waals surface area contributed by atoms with Crippen LogP contribution < -0.4 is 16.6 Å². The van der Waals surface area contributed by atoms with Crippen LogP contribution in [0.1, 0.15) is 24.5 Å². The van der Waals surface area contributed by atoms with Crippen molar-refractivity contribution in [2.45, 2.75) is 27.2 Å². The monoisotopic (exact) mass is 264 g/mol. The quantitative estimate of drug-likeness (QED) is 0.241. The fourth-order valence-corrected chi connectivity index (χ4v) is 1.64. The zero-order valence-corrected chi connectivity index (χ0v) is 12.0. The van der Waals surface area contributed by atoms with Gasteiger partial charge < -0.3 is 10.1 Å². The van der Waals surface area contributed by atoms with Gasteiger partial charge in [-0.05, 0) is 44.4 Å². The molecule has 1 aromatic carbocycles. The number of anilines is 1. The number of nitrogens with two attached hydrogens (primary N) is 1. The average Bonchev–Trinajstić information content (AvgIpc) is 2.42. The van der Waals surface area contributed by atoms with Crippen LogP contribution >= 0.6 is 0 Å². The summed E-state index contributed by atoms with van der Waals surface area (Å²) in [6.07, 6.45) is 0.882. The van der Waals surface area contributed by atoms with Gasteiger partial charge in [0, 0.05) is 25.4 Å². The number of aryl methyl sites for hydroxylation is 1. The summed E-state index contributed by atoms with van der Waals surface area (Å²) in [6.45, 7) is 8.28. The molecule has 0 saturated carbocycles. The number of hydrogen-bond donors (Lipinski definition) is 3. The average molecular weight is 264 g/mol. The minimum atomic E-state index is 0.574. The van der Waals surface area contributed by atoms with E-state index in [1.165, 1.54) is 11.1 Å². The van der Waals surface area contributed by atoms with E-state index in [0.29, 0.717) is 12.5 Å². The van der Waals surface area contributed by atoms with Gasteiger partial charge in [-0.15, -0.1) is 0 Å². The number of nitrogens with one attached hydrogen (secondary N) is 2. The zero-order valence-electron chi connectivity index (χ0n) is 12.0. The lowest BCUT2D eigenvalue weighted by atomic mass is 10.1. The number of ether oxygens (including phenoxy) is 1. The fourth-order valence-electron chi connectivity index (χ4n) is 1.64. The van der Waals surface area contributed by atoms with Gasteiger partial charge in [-0.2, -0.15) is 0 Å². The van der Waals surface area contributed by atoms with E-state index in [0.717, 1.165) is 25.3 Å². The summed E-state index contributed by atoms with van der Waals surface area (Å²) in [5.41, 5.74) is 6.03. The molecule has 0 heterocycles. The van der Waals surface area contributed by atoms with Crippen molar-refractivity contribution >= 4 is 11.6 Å². The van der Waals surface area contributed by atoms with Crippen LogP contribution in [0.5, 0.6) is 0 Å². The molecule has 0 spiro atoms. The first-order chi connectivity index (χ1) is 9.19. The van der Waals surface area contributed by atoms with Crippen molar-refractivity contribution in [2.24, 2.45) is 10.8 Å².